The zero-order chi connectivity index (χ0) is 20.8. The van der Waals surface area contributed by atoms with Crippen LogP contribution in [0.4, 0.5) is 0 Å². The van der Waals surface area contributed by atoms with Gasteiger partial charge in [-0.15, -0.1) is 0 Å². The standard InChI is InChI=1S/C19H38NO6P/c1-18(2)19(21)24-15-12-10-8-6-7-9-11-13-16-25-27(22,23)26-17-14-20(3,4)5/h1,6-17H2,2-5H3/p+1. The molecule has 7 nitrogen and oxygen atoms in total. The molecule has 0 rings (SSSR count). The van der Waals surface area contributed by atoms with Crippen molar-refractivity contribution in [1.82, 2.24) is 0 Å². The third kappa shape index (κ3) is 18.4. The summed E-state index contributed by atoms with van der Waals surface area (Å²) in [6, 6.07) is 0. The lowest BCUT2D eigenvalue weighted by molar-refractivity contribution is -0.870. The summed E-state index contributed by atoms with van der Waals surface area (Å²) in [5.74, 6) is -0.316. The van der Waals surface area contributed by atoms with Crippen molar-refractivity contribution in [2.45, 2.75) is 58.3 Å². The molecule has 0 heterocycles. The molecule has 0 radical (unpaired) electrons. The summed E-state index contributed by atoms with van der Waals surface area (Å²) in [6.07, 6.45) is 8.11. The summed E-state index contributed by atoms with van der Waals surface area (Å²) < 4.78 is 27.4. The number of rotatable bonds is 17. The van der Waals surface area contributed by atoms with Crippen molar-refractivity contribution in [3.8, 4) is 0 Å². The van der Waals surface area contributed by atoms with Crippen LogP contribution in [0.25, 0.3) is 0 Å². The van der Waals surface area contributed by atoms with Crippen LogP contribution in [0.2, 0.25) is 0 Å². The van der Waals surface area contributed by atoms with Crippen LogP contribution in [0.5, 0.6) is 0 Å². The highest BCUT2D eigenvalue weighted by atomic mass is 31.2. The van der Waals surface area contributed by atoms with Gasteiger partial charge < -0.3 is 14.1 Å². The molecular weight excluding hydrogens is 369 g/mol. The number of esters is 1. The van der Waals surface area contributed by atoms with Gasteiger partial charge in [-0.2, -0.15) is 0 Å². The van der Waals surface area contributed by atoms with Crippen LogP contribution >= 0.6 is 7.82 Å². The van der Waals surface area contributed by atoms with Crippen molar-refractivity contribution >= 4 is 13.8 Å². The number of phosphoric ester groups is 1. The summed E-state index contributed by atoms with van der Waals surface area (Å²) >= 11 is 0. The minimum absolute atomic E-state index is 0.198. The third-order valence-corrected chi connectivity index (χ3v) is 4.91. The number of likely N-dealkylation sites (N-methyl/N-ethyl adjacent to an activating group) is 1. The Balaban J connectivity index is 3.43. The van der Waals surface area contributed by atoms with Crippen LogP contribution in [0, 0.1) is 0 Å². The number of quaternary nitrogens is 1. The Morgan fingerprint density at radius 2 is 1.33 bits per heavy atom. The van der Waals surface area contributed by atoms with Crippen molar-refractivity contribution in [3.05, 3.63) is 12.2 Å². The Hall–Kier alpha value is -0.720. The molecule has 0 spiro atoms. The Kier molecular flexibility index (Phi) is 13.9. The average molecular weight is 408 g/mol. The van der Waals surface area contributed by atoms with Gasteiger partial charge in [-0.3, -0.25) is 9.05 Å². The van der Waals surface area contributed by atoms with Gasteiger partial charge in [0.15, 0.2) is 0 Å². The first-order chi connectivity index (χ1) is 12.5. The van der Waals surface area contributed by atoms with E-state index < -0.39 is 7.82 Å². The molecule has 0 aromatic rings. The molecule has 0 amide bonds. The first-order valence-electron chi connectivity index (χ1n) is 9.78. The number of carbonyl (C=O) groups excluding carboxylic acids is 1. The summed E-state index contributed by atoms with van der Waals surface area (Å²) in [7, 11) is 2.05. The van der Waals surface area contributed by atoms with E-state index in [2.05, 4.69) is 6.58 Å². The smallest absolute Gasteiger partial charge is 0.462 e. The fourth-order valence-corrected chi connectivity index (χ4v) is 2.95. The Bertz CT molecular complexity index is 475. The number of unbranched alkanes of at least 4 members (excludes halogenated alkanes) is 7. The number of nitrogens with zero attached hydrogens (tertiary/aromatic N) is 1. The molecule has 1 N–H and O–H groups in total. The Morgan fingerprint density at radius 1 is 0.889 bits per heavy atom. The molecule has 0 aliphatic rings. The highest BCUT2D eigenvalue weighted by Gasteiger charge is 2.21. The molecule has 0 aliphatic heterocycles. The fourth-order valence-electron chi connectivity index (χ4n) is 2.20. The second kappa shape index (κ2) is 14.3. The topological polar surface area (TPSA) is 82.1 Å². The molecule has 0 saturated heterocycles. The third-order valence-electron chi connectivity index (χ3n) is 3.89. The molecule has 0 aromatic heterocycles. The summed E-state index contributed by atoms with van der Waals surface area (Å²) in [6.45, 7) is 6.73. The number of hydrogen-bond acceptors (Lipinski definition) is 5. The first-order valence-corrected chi connectivity index (χ1v) is 11.3. The number of carbonyl (C=O) groups is 1. The lowest BCUT2D eigenvalue weighted by Gasteiger charge is -2.24. The molecule has 8 heteroatoms. The molecule has 160 valence electrons. The average Bonchev–Trinajstić information content (AvgIpc) is 2.53. The predicted octanol–water partition coefficient (Wildman–Crippen LogP) is 4.07. The lowest BCUT2D eigenvalue weighted by atomic mass is 10.1. The van der Waals surface area contributed by atoms with Gasteiger partial charge >= 0.3 is 13.8 Å². The maximum atomic E-state index is 11.7. The second-order valence-corrected chi connectivity index (χ2v) is 9.35. The highest BCUT2D eigenvalue weighted by molar-refractivity contribution is 7.47. The molecule has 0 fully saturated rings. The molecule has 0 bridgehead atoms. The highest BCUT2D eigenvalue weighted by Crippen LogP contribution is 2.43. The van der Waals surface area contributed by atoms with Crippen LogP contribution in [-0.4, -0.2) is 62.9 Å². The van der Waals surface area contributed by atoms with E-state index in [1.807, 2.05) is 21.1 Å². The van der Waals surface area contributed by atoms with Crippen molar-refractivity contribution < 1.29 is 32.5 Å². The fraction of sp³-hybridized carbons (Fsp3) is 0.842. The number of ether oxygens (including phenoxy) is 1. The molecule has 1 unspecified atom stereocenters. The molecule has 1 atom stereocenters. The van der Waals surface area contributed by atoms with Gasteiger partial charge in [-0.1, -0.05) is 45.1 Å². The quantitative estimate of drug-likeness (QED) is 0.128. The zero-order valence-electron chi connectivity index (χ0n) is 17.6. The van der Waals surface area contributed by atoms with Gasteiger partial charge in [-0.25, -0.2) is 9.36 Å². The summed E-state index contributed by atoms with van der Waals surface area (Å²) in [4.78, 5) is 20.8. The van der Waals surface area contributed by atoms with Crippen molar-refractivity contribution in [3.63, 3.8) is 0 Å². The number of phosphoric acid groups is 1. The molecule has 0 saturated carbocycles. The summed E-state index contributed by atoms with van der Waals surface area (Å²) in [5.41, 5.74) is 0.437. The van der Waals surface area contributed by atoms with Gasteiger partial charge in [0.05, 0.1) is 34.4 Å². The maximum Gasteiger partial charge on any atom is 0.472 e. The number of hydrogen-bond donors (Lipinski definition) is 1. The van der Waals surface area contributed by atoms with Gasteiger partial charge in [0.1, 0.15) is 13.2 Å². The monoisotopic (exact) mass is 408 g/mol. The molecular formula is C19H39NO6P+. The minimum Gasteiger partial charge on any atom is -0.462 e. The predicted molar refractivity (Wildman–Crippen MR) is 107 cm³/mol. The Morgan fingerprint density at radius 3 is 1.81 bits per heavy atom. The van der Waals surface area contributed by atoms with E-state index in [1.54, 1.807) is 6.92 Å². The van der Waals surface area contributed by atoms with Crippen molar-refractivity contribution in [1.29, 1.82) is 0 Å². The van der Waals surface area contributed by atoms with Gasteiger partial charge in [0, 0.05) is 5.57 Å². The van der Waals surface area contributed by atoms with E-state index in [-0.39, 0.29) is 19.2 Å². The Labute approximate surface area is 164 Å². The van der Waals surface area contributed by atoms with Crippen molar-refractivity contribution in [2.24, 2.45) is 0 Å². The minimum atomic E-state index is -3.92. The maximum absolute atomic E-state index is 11.7. The van der Waals surface area contributed by atoms with Crippen LogP contribution in [-0.2, 0) is 23.1 Å². The largest absolute Gasteiger partial charge is 0.472 e. The zero-order valence-corrected chi connectivity index (χ0v) is 18.5. The van der Waals surface area contributed by atoms with Crippen LogP contribution in [0.15, 0.2) is 12.2 Å². The molecule has 0 aliphatic carbocycles. The normalized spacial score (nSPS) is 14.0. The van der Waals surface area contributed by atoms with Gasteiger partial charge in [0.25, 0.3) is 0 Å². The SMILES string of the molecule is C=C(C)C(=O)OCCCCCCCCCCOP(=O)(O)OCC[N+](C)(C)C. The van der Waals surface area contributed by atoms with E-state index in [0.717, 1.165) is 51.4 Å². The van der Waals surface area contributed by atoms with E-state index in [0.29, 0.717) is 23.2 Å². The summed E-state index contributed by atoms with van der Waals surface area (Å²) in [5, 5.41) is 0. The van der Waals surface area contributed by atoms with Crippen LogP contribution in [0.3, 0.4) is 0 Å². The van der Waals surface area contributed by atoms with E-state index in [9.17, 15) is 14.3 Å². The first kappa shape index (κ1) is 26.3. The second-order valence-electron chi connectivity index (χ2n) is 7.89. The van der Waals surface area contributed by atoms with E-state index in [4.69, 9.17) is 13.8 Å². The van der Waals surface area contributed by atoms with E-state index >= 15 is 0 Å². The van der Waals surface area contributed by atoms with Gasteiger partial charge in [0.2, 0.25) is 0 Å². The molecule has 27 heavy (non-hydrogen) atoms. The van der Waals surface area contributed by atoms with Crippen LogP contribution < -0.4 is 0 Å². The van der Waals surface area contributed by atoms with E-state index in [1.165, 1.54) is 0 Å². The lowest BCUT2D eigenvalue weighted by Crippen LogP contribution is -2.37. The molecule has 0 aromatic carbocycles. The van der Waals surface area contributed by atoms with Crippen LogP contribution in [0.1, 0.15) is 58.3 Å². The van der Waals surface area contributed by atoms with Crippen molar-refractivity contribution in [2.75, 3.05) is 47.5 Å². The van der Waals surface area contributed by atoms with Gasteiger partial charge in [-0.05, 0) is 19.8 Å².